The Hall–Kier alpha value is -4.17. The quantitative estimate of drug-likeness (QED) is 0.244. The molecule has 2 aromatic heterocycles. The second-order valence-electron chi connectivity index (χ2n) is 8.61. The number of allylic oxidation sites excluding steroid dienone is 1. The molecule has 0 aliphatic heterocycles. The third-order valence-corrected chi connectivity index (χ3v) is 7.04. The average Bonchev–Trinajstić information content (AvgIpc) is 3.28. The first kappa shape index (κ1) is 23.6. The van der Waals surface area contributed by atoms with Crippen molar-refractivity contribution < 1.29 is 4.79 Å². The number of anilines is 1. The largest absolute Gasteiger partial charge is 0.325 e. The third kappa shape index (κ3) is 4.43. The van der Waals surface area contributed by atoms with Crippen molar-refractivity contribution in [1.29, 1.82) is 0 Å². The van der Waals surface area contributed by atoms with E-state index in [-0.39, 0.29) is 11.5 Å². The summed E-state index contributed by atoms with van der Waals surface area (Å²) < 4.78 is 3.38. The summed E-state index contributed by atoms with van der Waals surface area (Å²) >= 11 is 1.30. The van der Waals surface area contributed by atoms with Gasteiger partial charge in [-0.15, -0.1) is 16.8 Å². The summed E-state index contributed by atoms with van der Waals surface area (Å²) in [7, 11) is 0. The van der Waals surface area contributed by atoms with E-state index in [0.29, 0.717) is 28.4 Å². The van der Waals surface area contributed by atoms with Crippen LogP contribution in [0.1, 0.15) is 21.9 Å². The van der Waals surface area contributed by atoms with E-state index in [1.807, 2.05) is 78.9 Å². The first-order valence-electron chi connectivity index (χ1n) is 11.5. The van der Waals surface area contributed by atoms with Crippen LogP contribution in [0.5, 0.6) is 0 Å². The summed E-state index contributed by atoms with van der Waals surface area (Å²) in [6.07, 6.45) is 1.65. The fourth-order valence-electron chi connectivity index (χ4n) is 4.36. The van der Waals surface area contributed by atoms with Crippen molar-refractivity contribution in [2.24, 2.45) is 0 Å². The number of carbonyl (C=O) groups is 1. The van der Waals surface area contributed by atoms with Gasteiger partial charge < -0.3 is 5.32 Å². The van der Waals surface area contributed by atoms with E-state index in [0.717, 1.165) is 22.4 Å². The Balaban J connectivity index is 1.62. The molecule has 8 heteroatoms. The van der Waals surface area contributed by atoms with Gasteiger partial charge in [0.05, 0.1) is 10.9 Å². The molecule has 3 aromatic carbocycles. The minimum Gasteiger partial charge on any atom is -0.325 e. The number of hydrogen-bond acceptors (Lipinski definition) is 5. The number of thioether (sulfide) groups is 1. The highest BCUT2D eigenvalue weighted by Gasteiger charge is 2.26. The van der Waals surface area contributed by atoms with Crippen LogP contribution in [-0.4, -0.2) is 25.1 Å². The standard InChI is InChI=1S/C28H25N5O2S/c1-4-14-32-26(35)22-12-8-9-13-23(22)33-27(32)30-31-28(33)36-24(20-10-6-5-7-11-20)25(34)29-21-16-18(2)15-19(3)17-21/h4-13,15-17,24H,1,14H2,2-3H3,(H,29,34). The van der Waals surface area contributed by atoms with Gasteiger partial charge in [0.2, 0.25) is 11.7 Å². The lowest BCUT2D eigenvalue weighted by molar-refractivity contribution is -0.115. The molecule has 0 aliphatic carbocycles. The summed E-state index contributed by atoms with van der Waals surface area (Å²) in [6, 6.07) is 22.9. The summed E-state index contributed by atoms with van der Waals surface area (Å²) in [4.78, 5) is 26.7. The van der Waals surface area contributed by atoms with E-state index in [2.05, 4.69) is 28.2 Å². The van der Waals surface area contributed by atoms with Gasteiger partial charge in [0.25, 0.3) is 5.56 Å². The highest BCUT2D eigenvalue weighted by atomic mass is 32.2. The number of nitrogens with one attached hydrogen (secondary N) is 1. The van der Waals surface area contributed by atoms with Crippen molar-refractivity contribution in [2.75, 3.05) is 5.32 Å². The molecule has 7 nitrogen and oxygen atoms in total. The molecule has 1 atom stereocenters. The Morgan fingerprint density at radius 2 is 1.72 bits per heavy atom. The normalized spacial score (nSPS) is 12.1. The van der Waals surface area contributed by atoms with Gasteiger partial charge in [0.1, 0.15) is 5.25 Å². The lowest BCUT2D eigenvalue weighted by atomic mass is 10.1. The molecule has 180 valence electrons. The summed E-state index contributed by atoms with van der Waals surface area (Å²) in [5.41, 5.74) is 4.26. The van der Waals surface area contributed by atoms with Crippen LogP contribution >= 0.6 is 11.8 Å². The maximum absolute atomic E-state index is 13.6. The van der Waals surface area contributed by atoms with E-state index in [1.165, 1.54) is 11.8 Å². The number of nitrogens with zero attached hydrogens (tertiary/aromatic N) is 4. The molecule has 0 saturated carbocycles. The second kappa shape index (κ2) is 9.83. The van der Waals surface area contributed by atoms with Crippen molar-refractivity contribution >= 4 is 40.0 Å². The number of amides is 1. The van der Waals surface area contributed by atoms with Crippen molar-refractivity contribution in [2.45, 2.75) is 30.8 Å². The summed E-state index contributed by atoms with van der Waals surface area (Å²) in [6.45, 7) is 8.08. The Morgan fingerprint density at radius 3 is 2.44 bits per heavy atom. The number of carbonyl (C=O) groups excluding carboxylic acids is 1. The van der Waals surface area contributed by atoms with Gasteiger partial charge in [-0.3, -0.25) is 18.6 Å². The van der Waals surface area contributed by atoms with Gasteiger partial charge in [0, 0.05) is 12.2 Å². The zero-order valence-electron chi connectivity index (χ0n) is 20.0. The van der Waals surface area contributed by atoms with Crippen LogP contribution in [0.4, 0.5) is 5.69 Å². The van der Waals surface area contributed by atoms with E-state index < -0.39 is 5.25 Å². The van der Waals surface area contributed by atoms with Gasteiger partial charge in [-0.05, 0) is 54.8 Å². The summed E-state index contributed by atoms with van der Waals surface area (Å²) in [5, 5.41) is 12.3. The number of aromatic nitrogens is 4. The first-order valence-corrected chi connectivity index (χ1v) is 12.4. The molecule has 0 saturated heterocycles. The number of rotatable bonds is 7. The maximum Gasteiger partial charge on any atom is 0.263 e. The third-order valence-electron chi connectivity index (χ3n) is 5.84. The van der Waals surface area contributed by atoms with Crippen LogP contribution in [0.15, 0.2) is 95.4 Å². The van der Waals surface area contributed by atoms with E-state index in [9.17, 15) is 9.59 Å². The van der Waals surface area contributed by atoms with Gasteiger partial charge in [-0.2, -0.15) is 0 Å². The number of aryl methyl sites for hydroxylation is 2. The van der Waals surface area contributed by atoms with Crippen LogP contribution in [0.25, 0.3) is 16.7 Å². The Labute approximate surface area is 212 Å². The van der Waals surface area contributed by atoms with Gasteiger partial charge in [-0.25, -0.2) is 0 Å². The topological polar surface area (TPSA) is 81.3 Å². The van der Waals surface area contributed by atoms with Crippen molar-refractivity contribution in [3.63, 3.8) is 0 Å². The fourth-order valence-corrected chi connectivity index (χ4v) is 5.41. The van der Waals surface area contributed by atoms with E-state index >= 15 is 0 Å². The number of para-hydroxylation sites is 1. The van der Waals surface area contributed by atoms with E-state index in [4.69, 9.17) is 0 Å². The molecule has 1 amide bonds. The number of fused-ring (bicyclic) bond motifs is 3. The van der Waals surface area contributed by atoms with Crippen LogP contribution < -0.4 is 10.9 Å². The molecule has 2 heterocycles. The monoisotopic (exact) mass is 495 g/mol. The zero-order chi connectivity index (χ0) is 25.2. The van der Waals surface area contributed by atoms with Gasteiger partial charge >= 0.3 is 0 Å². The predicted molar refractivity (Wildman–Crippen MR) is 145 cm³/mol. The Kier molecular flexibility index (Phi) is 6.43. The zero-order valence-corrected chi connectivity index (χ0v) is 20.8. The van der Waals surface area contributed by atoms with Crippen LogP contribution in [0.3, 0.4) is 0 Å². The van der Waals surface area contributed by atoms with Crippen LogP contribution in [-0.2, 0) is 11.3 Å². The van der Waals surface area contributed by atoms with Gasteiger partial charge in [0.15, 0.2) is 5.16 Å². The van der Waals surface area contributed by atoms with Crippen molar-refractivity contribution in [3.8, 4) is 0 Å². The van der Waals surface area contributed by atoms with Crippen molar-refractivity contribution in [1.82, 2.24) is 19.2 Å². The Bertz CT molecular complexity index is 1640. The van der Waals surface area contributed by atoms with Gasteiger partial charge in [-0.1, -0.05) is 66.4 Å². The molecular weight excluding hydrogens is 470 g/mol. The molecule has 0 aliphatic rings. The highest BCUT2D eigenvalue weighted by Crippen LogP contribution is 2.36. The Morgan fingerprint density at radius 1 is 1.03 bits per heavy atom. The fraction of sp³-hybridized carbons (Fsp3) is 0.143. The lowest BCUT2D eigenvalue weighted by Gasteiger charge is -2.17. The lowest BCUT2D eigenvalue weighted by Crippen LogP contribution is -2.23. The molecule has 0 bridgehead atoms. The molecule has 36 heavy (non-hydrogen) atoms. The molecule has 5 rings (SSSR count). The molecular formula is C28H25N5O2S. The molecule has 0 radical (unpaired) electrons. The molecule has 1 N–H and O–H groups in total. The van der Waals surface area contributed by atoms with Crippen molar-refractivity contribution in [3.05, 3.63) is 112 Å². The predicted octanol–water partition coefficient (Wildman–Crippen LogP) is 5.32. The number of benzene rings is 3. The minimum atomic E-state index is -0.599. The smallest absolute Gasteiger partial charge is 0.263 e. The van der Waals surface area contributed by atoms with E-state index in [1.54, 1.807) is 16.7 Å². The number of hydrogen-bond donors (Lipinski definition) is 1. The van der Waals surface area contributed by atoms with Crippen LogP contribution in [0.2, 0.25) is 0 Å². The highest BCUT2D eigenvalue weighted by molar-refractivity contribution is 8.00. The second-order valence-corrected chi connectivity index (χ2v) is 9.69. The molecule has 0 fully saturated rings. The minimum absolute atomic E-state index is 0.158. The average molecular weight is 496 g/mol. The molecule has 0 spiro atoms. The maximum atomic E-state index is 13.6. The van der Waals surface area contributed by atoms with Crippen LogP contribution in [0, 0.1) is 13.8 Å². The first-order chi connectivity index (χ1) is 17.5. The molecule has 1 unspecified atom stereocenters. The molecule has 5 aromatic rings. The SMILES string of the molecule is C=CCn1c(=O)c2ccccc2n2c(SC(C(=O)Nc3cc(C)cc(C)c3)c3ccccc3)nnc12. The summed E-state index contributed by atoms with van der Waals surface area (Å²) in [5.74, 6) is 0.235.